The maximum atomic E-state index is 12.8. The third-order valence-electron chi connectivity index (χ3n) is 3.43. The van der Waals surface area contributed by atoms with E-state index in [0.717, 1.165) is 18.2 Å². The monoisotopic (exact) mass is 382 g/mol. The lowest BCUT2D eigenvalue weighted by atomic mass is 10.1. The van der Waals surface area contributed by atoms with Gasteiger partial charge >= 0.3 is 6.18 Å². The summed E-state index contributed by atoms with van der Waals surface area (Å²) in [6, 6.07) is 10.5. The predicted molar refractivity (Wildman–Crippen MR) is 92.0 cm³/mol. The first-order chi connectivity index (χ1) is 12.2. The summed E-state index contributed by atoms with van der Waals surface area (Å²) in [5.74, 6) is -1.44. The molecule has 1 atom stereocenters. The van der Waals surface area contributed by atoms with Crippen molar-refractivity contribution >= 4 is 29.5 Å². The van der Waals surface area contributed by atoms with Crippen molar-refractivity contribution in [3.63, 3.8) is 0 Å². The number of alkyl halides is 3. The molecule has 2 aromatic rings. The van der Waals surface area contributed by atoms with Gasteiger partial charge in [0.2, 0.25) is 11.8 Å². The van der Waals surface area contributed by atoms with Crippen LogP contribution in [0.3, 0.4) is 0 Å². The number of rotatable bonds is 5. The van der Waals surface area contributed by atoms with Gasteiger partial charge < -0.3 is 11.1 Å². The summed E-state index contributed by atoms with van der Waals surface area (Å²) in [6.45, 7) is 0. The highest BCUT2D eigenvalue weighted by Crippen LogP contribution is 2.35. The first-order valence-electron chi connectivity index (χ1n) is 7.38. The van der Waals surface area contributed by atoms with Crippen LogP contribution in [0.2, 0.25) is 5.02 Å². The second kappa shape index (κ2) is 8.05. The SMILES string of the molecule is NC(=O)C(NC(=O)C=Cc1ccc(Cl)c(C(F)(F)F)c1)c1ccccc1. The van der Waals surface area contributed by atoms with Crippen LogP contribution in [0.4, 0.5) is 13.2 Å². The van der Waals surface area contributed by atoms with Crippen molar-refractivity contribution in [2.24, 2.45) is 5.73 Å². The molecule has 2 rings (SSSR count). The quantitative estimate of drug-likeness (QED) is 0.774. The van der Waals surface area contributed by atoms with E-state index in [4.69, 9.17) is 17.3 Å². The molecule has 0 radical (unpaired) electrons. The van der Waals surface area contributed by atoms with Crippen LogP contribution in [0.5, 0.6) is 0 Å². The van der Waals surface area contributed by atoms with Crippen LogP contribution < -0.4 is 11.1 Å². The Morgan fingerprint density at radius 2 is 1.77 bits per heavy atom. The molecule has 2 aromatic carbocycles. The number of halogens is 4. The van der Waals surface area contributed by atoms with Gasteiger partial charge in [-0.1, -0.05) is 48.0 Å². The van der Waals surface area contributed by atoms with E-state index in [1.807, 2.05) is 0 Å². The van der Waals surface area contributed by atoms with Crippen molar-refractivity contribution in [2.75, 3.05) is 0 Å². The number of carbonyl (C=O) groups is 2. The molecule has 0 aliphatic carbocycles. The highest BCUT2D eigenvalue weighted by Gasteiger charge is 2.33. The normalized spacial score (nSPS) is 12.8. The Balaban J connectivity index is 2.15. The van der Waals surface area contributed by atoms with Crippen LogP contribution in [0.15, 0.2) is 54.6 Å². The number of hydrogen-bond donors (Lipinski definition) is 2. The number of nitrogens with two attached hydrogens (primary N) is 1. The second-order valence-corrected chi connectivity index (χ2v) is 5.73. The van der Waals surface area contributed by atoms with E-state index >= 15 is 0 Å². The smallest absolute Gasteiger partial charge is 0.368 e. The van der Waals surface area contributed by atoms with Gasteiger partial charge in [-0.15, -0.1) is 0 Å². The lowest BCUT2D eigenvalue weighted by molar-refractivity contribution is -0.137. The van der Waals surface area contributed by atoms with Gasteiger partial charge in [-0.3, -0.25) is 9.59 Å². The molecule has 2 amide bonds. The number of primary amides is 1. The molecule has 136 valence electrons. The van der Waals surface area contributed by atoms with Crippen LogP contribution >= 0.6 is 11.6 Å². The third-order valence-corrected chi connectivity index (χ3v) is 3.76. The molecule has 4 nitrogen and oxygen atoms in total. The van der Waals surface area contributed by atoms with E-state index < -0.39 is 34.6 Å². The van der Waals surface area contributed by atoms with Gasteiger partial charge in [0.15, 0.2) is 0 Å². The molecule has 0 aromatic heterocycles. The van der Waals surface area contributed by atoms with Gasteiger partial charge in [0.05, 0.1) is 10.6 Å². The van der Waals surface area contributed by atoms with E-state index in [2.05, 4.69) is 5.32 Å². The molecule has 0 spiro atoms. The second-order valence-electron chi connectivity index (χ2n) is 5.33. The summed E-state index contributed by atoms with van der Waals surface area (Å²) in [4.78, 5) is 23.5. The third kappa shape index (κ3) is 5.10. The average Bonchev–Trinajstić information content (AvgIpc) is 2.58. The molecule has 26 heavy (non-hydrogen) atoms. The summed E-state index contributed by atoms with van der Waals surface area (Å²) >= 11 is 5.54. The Labute approximate surface area is 152 Å². The molecule has 0 saturated carbocycles. The molecule has 0 heterocycles. The fraction of sp³-hybridized carbons (Fsp3) is 0.111. The highest BCUT2D eigenvalue weighted by molar-refractivity contribution is 6.31. The van der Waals surface area contributed by atoms with Gasteiger partial charge in [0.1, 0.15) is 6.04 Å². The fourth-order valence-electron chi connectivity index (χ4n) is 2.19. The van der Waals surface area contributed by atoms with Crippen molar-refractivity contribution < 1.29 is 22.8 Å². The van der Waals surface area contributed by atoms with Crippen molar-refractivity contribution in [3.8, 4) is 0 Å². The van der Waals surface area contributed by atoms with E-state index in [1.54, 1.807) is 30.3 Å². The average molecular weight is 383 g/mol. The largest absolute Gasteiger partial charge is 0.417 e. The summed E-state index contributed by atoms with van der Waals surface area (Å²) in [5.41, 5.74) is 4.92. The minimum atomic E-state index is -4.60. The van der Waals surface area contributed by atoms with Crippen LogP contribution in [0, 0.1) is 0 Å². The zero-order valence-corrected chi connectivity index (χ0v) is 14.0. The van der Waals surface area contributed by atoms with Gasteiger partial charge in [0, 0.05) is 6.08 Å². The van der Waals surface area contributed by atoms with Crippen LogP contribution in [0.1, 0.15) is 22.7 Å². The molecule has 1 unspecified atom stereocenters. The molecule has 0 bridgehead atoms. The predicted octanol–water partition coefficient (Wildman–Crippen LogP) is 3.71. The number of benzene rings is 2. The van der Waals surface area contributed by atoms with Gasteiger partial charge in [-0.05, 0) is 29.3 Å². The first kappa shape index (κ1) is 19.5. The zero-order valence-electron chi connectivity index (χ0n) is 13.3. The van der Waals surface area contributed by atoms with Crippen molar-refractivity contribution in [1.29, 1.82) is 0 Å². The van der Waals surface area contributed by atoms with Gasteiger partial charge in [-0.25, -0.2) is 0 Å². The molecular formula is C18H14ClF3N2O2. The number of amides is 2. The van der Waals surface area contributed by atoms with E-state index in [-0.39, 0.29) is 5.56 Å². The van der Waals surface area contributed by atoms with Crippen molar-refractivity contribution in [2.45, 2.75) is 12.2 Å². The molecule has 8 heteroatoms. The summed E-state index contributed by atoms with van der Waals surface area (Å²) in [6.07, 6.45) is -2.40. The van der Waals surface area contributed by atoms with Crippen LogP contribution in [0.25, 0.3) is 6.08 Å². The van der Waals surface area contributed by atoms with Crippen LogP contribution in [-0.2, 0) is 15.8 Å². The van der Waals surface area contributed by atoms with E-state index in [1.165, 1.54) is 12.1 Å². The Kier molecular flexibility index (Phi) is 6.05. The molecule has 0 fully saturated rings. The fourth-order valence-corrected chi connectivity index (χ4v) is 2.41. The lowest BCUT2D eigenvalue weighted by Crippen LogP contribution is -2.36. The Morgan fingerprint density at radius 3 is 2.35 bits per heavy atom. The summed E-state index contributed by atoms with van der Waals surface area (Å²) in [5, 5.41) is 1.98. The highest BCUT2D eigenvalue weighted by atomic mass is 35.5. The number of carbonyl (C=O) groups excluding carboxylic acids is 2. The number of hydrogen-bond acceptors (Lipinski definition) is 2. The van der Waals surface area contributed by atoms with E-state index in [0.29, 0.717) is 5.56 Å². The van der Waals surface area contributed by atoms with Crippen LogP contribution in [-0.4, -0.2) is 11.8 Å². The van der Waals surface area contributed by atoms with Gasteiger partial charge in [0.25, 0.3) is 0 Å². The molecule has 0 saturated heterocycles. The molecule has 0 aliphatic rings. The Bertz CT molecular complexity index is 836. The zero-order chi connectivity index (χ0) is 19.3. The maximum absolute atomic E-state index is 12.8. The standard InChI is InChI=1S/C18H14ClF3N2O2/c19-14-8-6-11(10-13(14)18(20,21)22)7-9-15(25)24-16(17(23)26)12-4-2-1-3-5-12/h1-10,16H,(H2,23,26)(H,24,25). The van der Waals surface area contributed by atoms with Crippen molar-refractivity contribution in [1.82, 2.24) is 5.32 Å². The minimum absolute atomic E-state index is 0.132. The maximum Gasteiger partial charge on any atom is 0.417 e. The Hall–Kier alpha value is -2.80. The van der Waals surface area contributed by atoms with Crippen molar-refractivity contribution in [3.05, 3.63) is 76.3 Å². The van der Waals surface area contributed by atoms with E-state index in [9.17, 15) is 22.8 Å². The summed E-state index contributed by atoms with van der Waals surface area (Å²) in [7, 11) is 0. The molecular weight excluding hydrogens is 369 g/mol. The Morgan fingerprint density at radius 1 is 1.12 bits per heavy atom. The minimum Gasteiger partial charge on any atom is -0.368 e. The molecule has 0 aliphatic heterocycles. The number of nitrogens with one attached hydrogen (secondary N) is 1. The first-order valence-corrected chi connectivity index (χ1v) is 7.76. The molecule has 3 N–H and O–H groups in total. The lowest BCUT2D eigenvalue weighted by Gasteiger charge is -2.14. The van der Waals surface area contributed by atoms with Gasteiger partial charge in [-0.2, -0.15) is 13.2 Å². The topological polar surface area (TPSA) is 72.2 Å². The summed E-state index contributed by atoms with van der Waals surface area (Å²) < 4.78 is 38.5.